The molecule has 0 heterocycles. The normalized spacial score (nSPS) is 14.4. The third-order valence-corrected chi connectivity index (χ3v) is 4.31. The van der Waals surface area contributed by atoms with Crippen molar-refractivity contribution in [2.75, 3.05) is 15.8 Å². The molecule has 0 aliphatic rings. The van der Waals surface area contributed by atoms with Gasteiger partial charge in [0.05, 0.1) is 11.7 Å². The molecule has 0 aliphatic carbocycles. The smallest absolute Gasteiger partial charge is 0.232 e. The van der Waals surface area contributed by atoms with Crippen LogP contribution in [0.25, 0.3) is 0 Å². The fourth-order valence-corrected chi connectivity index (χ4v) is 2.01. The molecule has 0 aromatic heterocycles. The monoisotopic (exact) mass is 299 g/mol. The molecule has 0 spiro atoms. The average molecular weight is 299 g/mol. The van der Waals surface area contributed by atoms with Gasteiger partial charge in [-0.2, -0.15) is 0 Å². The molecule has 6 nitrogen and oxygen atoms in total. The lowest BCUT2D eigenvalue weighted by atomic mass is 10.0. The number of benzene rings is 1. The summed E-state index contributed by atoms with van der Waals surface area (Å²) < 4.78 is 25.2. The van der Waals surface area contributed by atoms with Crippen LogP contribution in [0.3, 0.4) is 0 Å². The Morgan fingerprint density at radius 2 is 1.70 bits per heavy atom. The minimum absolute atomic E-state index is 0.0113. The number of hydrogen-bond acceptors (Lipinski definition) is 4. The van der Waals surface area contributed by atoms with Crippen LogP contribution >= 0.6 is 0 Å². The molecule has 1 rings (SSSR count). The molecule has 0 bridgehead atoms. The van der Waals surface area contributed by atoms with Crippen LogP contribution in [0.15, 0.2) is 24.3 Å². The van der Waals surface area contributed by atoms with E-state index >= 15 is 0 Å². The van der Waals surface area contributed by atoms with Crippen molar-refractivity contribution in [3.8, 4) is 0 Å². The van der Waals surface area contributed by atoms with Crippen molar-refractivity contribution >= 4 is 27.3 Å². The largest absolute Gasteiger partial charge is 0.327 e. The zero-order valence-corrected chi connectivity index (χ0v) is 12.7. The third kappa shape index (κ3) is 4.82. The number of carbonyl (C=O) groups is 1. The molecular weight excluding hydrogens is 278 g/mol. The van der Waals surface area contributed by atoms with E-state index in [-0.39, 0.29) is 23.6 Å². The van der Waals surface area contributed by atoms with E-state index < -0.39 is 10.0 Å². The van der Waals surface area contributed by atoms with Gasteiger partial charge in [0.2, 0.25) is 15.9 Å². The Morgan fingerprint density at radius 3 is 2.15 bits per heavy atom. The van der Waals surface area contributed by atoms with Crippen LogP contribution in [-0.2, 0) is 14.8 Å². The molecule has 7 heteroatoms. The van der Waals surface area contributed by atoms with Crippen molar-refractivity contribution in [3.05, 3.63) is 24.3 Å². The number of nitrogens with two attached hydrogens (primary N) is 1. The molecule has 20 heavy (non-hydrogen) atoms. The zero-order chi connectivity index (χ0) is 15.3. The van der Waals surface area contributed by atoms with Gasteiger partial charge in [-0.1, -0.05) is 6.92 Å². The van der Waals surface area contributed by atoms with Crippen LogP contribution in [0.5, 0.6) is 0 Å². The highest BCUT2D eigenvalue weighted by atomic mass is 32.2. The van der Waals surface area contributed by atoms with Gasteiger partial charge in [-0.3, -0.25) is 9.52 Å². The fraction of sp³-hybridized carbons (Fsp3) is 0.462. The molecule has 0 saturated carbocycles. The van der Waals surface area contributed by atoms with E-state index in [1.807, 2.05) is 0 Å². The number of anilines is 2. The van der Waals surface area contributed by atoms with Crippen molar-refractivity contribution < 1.29 is 13.2 Å². The topological polar surface area (TPSA) is 101 Å². The number of nitrogens with one attached hydrogen (secondary N) is 2. The predicted molar refractivity (Wildman–Crippen MR) is 81.0 cm³/mol. The first-order valence-electron chi connectivity index (χ1n) is 6.42. The Hall–Kier alpha value is -1.60. The van der Waals surface area contributed by atoms with Gasteiger partial charge < -0.3 is 11.1 Å². The molecule has 1 aromatic rings. The summed E-state index contributed by atoms with van der Waals surface area (Å²) in [4.78, 5) is 11.8. The van der Waals surface area contributed by atoms with E-state index in [9.17, 15) is 13.2 Å². The Balaban J connectivity index is 2.70. The van der Waals surface area contributed by atoms with E-state index in [2.05, 4.69) is 10.0 Å². The molecule has 0 saturated heterocycles. The van der Waals surface area contributed by atoms with Gasteiger partial charge in [0, 0.05) is 17.4 Å². The van der Waals surface area contributed by atoms with E-state index in [0.29, 0.717) is 11.4 Å². The number of sulfonamides is 1. The second-order valence-electron chi connectivity index (χ2n) is 4.72. The van der Waals surface area contributed by atoms with Crippen LogP contribution < -0.4 is 15.8 Å². The molecule has 1 aromatic carbocycles. The molecular formula is C13H21N3O3S. The number of rotatable bonds is 6. The maximum atomic E-state index is 11.8. The van der Waals surface area contributed by atoms with Crippen molar-refractivity contribution in [1.29, 1.82) is 0 Å². The molecule has 2 atom stereocenters. The maximum absolute atomic E-state index is 11.8. The van der Waals surface area contributed by atoms with Gasteiger partial charge in [-0.25, -0.2) is 8.42 Å². The molecule has 2 unspecified atom stereocenters. The third-order valence-electron chi connectivity index (χ3n) is 3.01. The van der Waals surface area contributed by atoms with Crippen LogP contribution in [0.4, 0.5) is 11.4 Å². The predicted octanol–water partition coefficient (Wildman–Crippen LogP) is 1.37. The summed E-state index contributed by atoms with van der Waals surface area (Å²) >= 11 is 0. The summed E-state index contributed by atoms with van der Waals surface area (Å²) in [5.74, 6) is -0.452. The summed E-state index contributed by atoms with van der Waals surface area (Å²) in [6.45, 7) is 5.09. The van der Waals surface area contributed by atoms with Gasteiger partial charge in [0.15, 0.2) is 0 Å². The van der Waals surface area contributed by atoms with Crippen LogP contribution in [0.1, 0.15) is 20.8 Å². The summed E-state index contributed by atoms with van der Waals surface area (Å²) in [7, 11) is -3.29. The highest BCUT2D eigenvalue weighted by Crippen LogP contribution is 2.16. The highest BCUT2D eigenvalue weighted by molar-refractivity contribution is 7.92. The van der Waals surface area contributed by atoms with Crippen molar-refractivity contribution in [1.82, 2.24) is 0 Å². The number of amides is 1. The summed E-state index contributed by atoms with van der Waals surface area (Å²) in [6, 6.07) is 6.24. The quantitative estimate of drug-likeness (QED) is 0.738. The first-order chi connectivity index (χ1) is 9.25. The first-order valence-corrected chi connectivity index (χ1v) is 8.07. The number of carbonyl (C=O) groups excluding carboxylic acids is 1. The first kappa shape index (κ1) is 16.5. The van der Waals surface area contributed by atoms with E-state index in [4.69, 9.17) is 5.73 Å². The molecule has 1 amide bonds. The summed E-state index contributed by atoms with van der Waals surface area (Å²) in [5, 5.41) is 2.73. The van der Waals surface area contributed by atoms with Crippen LogP contribution in [0.2, 0.25) is 0 Å². The van der Waals surface area contributed by atoms with Gasteiger partial charge in [0.1, 0.15) is 0 Å². The van der Waals surface area contributed by atoms with E-state index in [1.165, 1.54) is 0 Å². The lowest BCUT2D eigenvalue weighted by Crippen LogP contribution is -2.34. The summed E-state index contributed by atoms with van der Waals surface area (Å²) in [6.07, 6.45) is 0. The molecule has 0 fully saturated rings. The van der Waals surface area contributed by atoms with Crippen LogP contribution in [-0.4, -0.2) is 26.1 Å². The molecule has 0 aliphatic heterocycles. The Labute approximate surface area is 119 Å². The van der Waals surface area contributed by atoms with Gasteiger partial charge in [-0.05, 0) is 38.1 Å². The molecule has 4 N–H and O–H groups in total. The second-order valence-corrected chi connectivity index (χ2v) is 6.73. The zero-order valence-electron chi connectivity index (χ0n) is 11.9. The maximum Gasteiger partial charge on any atom is 0.232 e. The van der Waals surface area contributed by atoms with Crippen molar-refractivity contribution in [2.24, 2.45) is 11.7 Å². The lowest BCUT2D eigenvalue weighted by Gasteiger charge is -2.15. The fourth-order valence-electron chi connectivity index (χ4n) is 1.37. The second kappa shape index (κ2) is 6.71. The summed E-state index contributed by atoms with van der Waals surface area (Å²) in [5.41, 5.74) is 6.72. The minimum Gasteiger partial charge on any atom is -0.327 e. The minimum atomic E-state index is -3.29. The van der Waals surface area contributed by atoms with Gasteiger partial charge in [-0.15, -0.1) is 0 Å². The molecule has 112 valence electrons. The van der Waals surface area contributed by atoms with Crippen LogP contribution in [0, 0.1) is 5.92 Å². The van der Waals surface area contributed by atoms with Crippen molar-refractivity contribution in [2.45, 2.75) is 26.8 Å². The Morgan fingerprint density at radius 1 is 1.20 bits per heavy atom. The molecule has 0 radical (unpaired) electrons. The Kier molecular flexibility index (Phi) is 5.52. The SMILES string of the molecule is CCS(=O)(=O)Nc1ccc(NC(=O)C(C)C(C)N)cc1. The van der Waals surface area contributed by atoms with E-state index in [1.54, 1.807) is 45.0 Å². The Bertz CT molecular complexity index is 553. The van der Waals surface area contributed by atoms with Gasteiger partial charge >= 0.3 is 0 Å². The average Bonchev–Trinajstić information content (AvgIpc) is 2.39. The van der Waals surface area contributed by atoms with Crippen molar-refractivity contribution in [3.63, 3.8) is 0 Å². The standard InChI is InChI=1S/C13H21N3O3S/c1-4-20(18,19)16-12-7-5-11(6-8-12)15-13(17)9(2)10(3)14/h5-10,16H,4,14H2,1-3H3,(H,15,17). The van der Waals surface area contributed by atoms with Gasteiger partial charge in [0.25, 0.3) is 0 Å². The number of hydrogen-bond donors (Lipinski definition) is 3. The van der Waals surface area contributed by atoms with E-state index in [0.717, 1.165) is 0 Å². The highest BCUT2D eigenvalue weighted by Gasteiger charge is 2.17. The lowest BCUT2D eigenvalue weighted by molar-refractivity contribution is -0.119.